The van der Waals surface area contributed by atoms with Crippen LogP contribution in [0.25, 0.3) is 0 Å². The van der Waals surface area contributed by atoms with Crippen LogP contribution in [0.15, 0.2) is 72.8 Å². The van der Waals surface area contributed by atoms with Crippen LogP contribution in [0, 0.1) is 0 Å². The Morgan fingerprint density at radius 1 is 0.967 bits per heavy atom. The minimum Gasteiger partial charge on any atom is -0.454 e. The number of benzene rings is 3. The first-order chi connectivity index (χ1) is 14.6. The summed E-state index contributed by atoms with van der Waals surface area (Å²) in [6.45, 7) is -0.0540. The Balaban J connectivity index is 1.48. The predicted molar refractivity (Wildman–Crippen MR) is 111 cm³/mol. The van der Waals surface area contributed by atoms with Crippen molar-refractivity contribution >= 4 is 29.2 Å². The molecule has 6 heteroatoms. The van der Waals surface area contributed by atoms with E-state index in [0.29, 0.717) is 28.9 Å². The van der Waals surface area contributed by atoms with Crippen LogP contribution in [0.4, 0.5) is 11.4 Å². The Morgan fingerprint density at radius 2 is 1.73 bits per heavy atom. The highest BCUT2D eigenvalue weighted by Crippen LogP contribution is 2.33. The monoisotopic (exact) mass is 398 g/mol. The number of cyclic esters (lactones) is 1. The molecule has 0 aliphatic carbocycles. The van der Waals surface area contributed by atoms with E-state index in [4.69, 9.17) is 4.74 Å². The van der Waals surface area contributed by atoms with Crippen molar-refractivity contribution in [1.29, 1.82) is 0 Å². The van der Waals surface area contributed by atoms with E-state index in [1.807, 2.05) is 36.4 Å². The van der Waals surface area contributed by atoms with Crippen molar-refractivity contribution in [2.24, 2.45) is 0 Å². The van der Waals surface area contributed by atoms with Crippen LogP contribution >= 0.6 is 0 Å². The summed E-state index contributed by atoms with van der Waals surface area (Å²) in [6, 6.07) is 21.7. The highest BCUT2D eigenvalue weighted by Gasteiger charge is 2.31. The predicted octanol–water partition coefficient (Wildman–Crippen LogP) is 3.74. The molecule has 0 saturated carbocycles. The number of amides is 2. The first-order valence-corrected chi connectivity index (χ1v) is 9.70. The maximum Gasteiger partial charge on any atom is 0.339 e. The number of esters is 1. The Hall–Kier alpha value is -3.93. The molecule has 0 bridgehead atoms. The second-order valence-corrected chi connectivity index (χ2v) is 7.34. The standard InChI is InChI=1S/C24H18N2O4/c27-22-14-26(20-9-5-4-8-19(20)25-22)23(28)16-10-11-18-17(12-16)13-21(30-24(18)29)15-6-2-1-3-7-15/h1-12,21H,13-14H2,(H,25,27)/t21-/m1/s1. The van der Waals surface area contributed by atoms with E-state index in [9.17, 15) is 14.4 Å². The molecule has 0 radical (unpaired) electrons. The van der Waals surface area contributed by atoms with Crippen molar-refractivity contribution in [3.63, 3.8) is 0 Å². The summed E-state index contributed by atoms with van der Waals surface area (Å²) < 4.78 is 5.59. The minimum absolute atomic E-state index is 0.0540. The Labute approximate surface area is 173 Å². The third-order valence-corrected chi connectivity index (χ3v) is 5.41. The molecule has 0 spiro atoms. The lowest BCUT2D eigenvalue weighted by atomic mass is 9.93. The largest absolute Gasteiger partial charge is 0.454 e. The topological polar surface area (TPSA) is 75.7 Å². The van der Waals surface area contributed by atoms with Crippen LogP contribution in [0.3, 0.4) is 0 Å². The fourth-order valence-corrected chi connectivity index (χ4v) is 3.95. The normalized spacial score (nSPS) is 17.5. The number of rotatable bonds is 2. The molecule has 3 aromatic carbocycles. The van der Waals surface area contributed by atoms with Crippen LogP contribution in [0.1, 0.15) is 37.9 Å². The fraction of sp³-hybridized carbons (Fsp3) is 0.125. The van der Waals surface area contributed by atoms with Gasteiger partial charge >= 0.3 is 5.97 Å². The molecule has 2 heterocycles. The summed E-state index contributed by atoms with van der Waals surface area (Å²) >= 11 is 0. The lowest BCUT2D eigenvalue weighted by molar-refractivity contribution is -0.115. The van der Waals surface area contributed by atoms with Crippen molar-refractivity contribution in [1.82, 2.24) is 0 Å². The number of nitrogens with zero attached hydrogens (tertiary/aromatic N) is 1. The molecular formula is C24H18N2O4. The lowest BCUT2D eigenvalue weighted by Gasteiger charge is -2.30. The molecule has 3 aromatic rings. The van der Waals surface area contributed by atoms with Crippen molar-refractivity contribution in [3.8, 4) is 0 Å². The van der Waals surface area contributed by atoms with Gasteiger partial charge in [0.05, 0.1) is 16.9 Å². The number of anilines is 2. The van der Waals surface area contributed by atoms with Crippen molar-refractivity contribution < 1.29 is 19.1 Å². The van der Waals surface area contributed by atoms with Gasteiger partial charge in [0, 0.05) is 12.0 Å². The van der Waals surface area contributed by atoms with Crippen molar-refractivity contribution in [2.45, 2.75) is 12.5 Å². The first-order valence-electron chi connectivity index (χ1n) is 9.70. The SMILES string of the molecule is O=C1CN(C(=O)c2ccc3c(c2)C[C@H](c2ccccc2)OC3=O)c2ccccc2N1. The minimum atomic E-state index is -0.396. The van der Waals surface area contributed by atoms with Gasteiger partial charge in [-0.3, -0.25) is 14.5 Å². The van der Waals surface area contributed by atoms with E-state index in [0.717, 1.165) is 11.1 Å². The number of carbonyl (C=O) groups is 3. The molecule has 1 atom stereocenters. The summed E-state index contributed by atoms with van der Waals surface area (Å²) in [5.41, 5.74) is 3.83. The van der Waals surface area contributed by atoms with E-state index in [-0.39, 0.29) is 18.4 Å². The van der Waals surface area contributed by atoms with Gasteiger partial charge in [-0.05, 0) is 41.5 Å². The van der Waals surface area contributed by atoms with E-state index in [2.05, 4.69) is 5.32 Å². The maximum atomic E-state index is 13.3. The van der Waals surface area contributed by atoms with Crippen molar-refractivity contribution in [3.05, 3.63) is 95.1 Å². The summed E-state index contributed by atoms with van der Waals surface area (Å²) in [4.78, 5) is 39.3. The first kappa shape index (κ1) is 18.1. The number of hydrogen-bond donors (Lipinski definition) is 1. The molecule has 5 rings (SSSR count). The third kappa shape index (κ3) is 3.12. The number of nitrogens with one attached hydrogen (secondary N) is 1. The number of ether oxygens (including phenoxy) is 1. The summed E-state index contributed by atoms with van der Waals surface area (Å²) in [5, 5.41) is 2.78. The second kappa shape index (κ2) is 7.15. The Morgan fingerprint density at radius 3 is 2.57 bits per heavy atom. The highest BCUT2D eigenvalue weighted by atomic mass is 16.5. The molecule has 0 saturated heterocycles. The van der Waals surface area contributed by atoms with Gasteiger partial charge in [-0.25, -0.2) is 4.79 Å². The molecular weight excluding hydrogens is 380 g/mol. The zero-order valence-electron chi connectivity index (χ0n) is 16.0. The average molecular weight is 398 g/mol. The molecule has 2 amide bonds. The van der Waals surface area contributed by atoms with Gasteiger partial charge in [0.2, 0.25) is 5.91 Å². The van der Waals surface area contributed by atoms with Gasteiger partial charge in [-0.15, -0.1) is 0 Å². The fourth-order valence-electron chi connectivity index (χ4n) is 3.95. The van der Waals surface area contributed by atoms with E-state index >= 15 is 0 Å². The number of fused-ring (bicyclic) bond motifs is 2. The van der Waals surface area contributed by atoms with Crippen molar-refractivity contribution in [2.75, 3.05) is 16.8 Å². The highest BCUT2D eigenvalue weighted by molar-refractivity contribution is 6.15. The van der Waals surface area contributed by atoms with E-state index in [1.54, 1.807) is 36.4 Å². The Bertz CT molecular complexity index is 1170. The molecule has 0 fully saturated rings. The number of para-hydroxylation sites is 2. The molecule has 2 aliphatic heterocycles. The number of carbonyl (C=O) groups excluding carboxylic acids is 3. The van der Waals surface area contributed by atoms with E-state index < -0.39 is 12.1 Å². The zero-order valence-corrected chi connectivity index (χ0v) is 16.0. The van der Waals surface area contributed by atoms with Gasteiger partial charge in [0.25, 0.3) is 5.91 Å². The molecule has 0 unspecified atom stereocenters. The van der Waals surface area contributed by atoms with Gasteiger partial charge in [-0.1, -0.05) is 42.5 Å². The van der Waals surface area contributed by atoms with Crippen LogP contribution in [0.2, 0.25) is 0 Å². The average Bonchev–Trinajstić information content (AvgIpc) is 2.78. The van der Waals surface area contributed by atoms with Crippen LogP contribution in [-0.2, 0) is 16.0 Å². The second-order valence-electron chi connectivity index (χ2n) is 7.34. The molecule has 1 N–H and O–H groups in total. The summed E-state index contributed by atoms with van der Waals surface area (Å²) in [5.74, 6) is -0.921. The van der Waals surface area contributed by atoms with Gasteiger partial charge in [0.15, 0.2) is 0 Å². The van der Waals surface area contributed by atoms with Gasteiger partial charge < -0.3 is 10.1 Å². The smallest absolute Gasteiger partial charge is 0.339 e. The summed E-state index contributed by atoms with van der Waals surface area (Å²) in [7, 11) is 0. The third-order valence-electron chi connectivity index (χ3n) is 5.41. The molecule has 0 aromatic heterocycles. The van der Waals surface area contributed by atoms with Gasteiger partial charge in [0.1, 0.15) is 12.6 Å². The lowest BCUT2D eigenvalue weighted by Crippen LogP contribution is -2.42. The van der Waals surface area contributed by atoms with Crippen LogP contribution in [0.5, 0.6) is 0 Å². The molecule has 30 heavy (non-hydrogen) atoms. The van der Waals surface area contributed by atoms with Crippen LogP contribution < -0.4 is 10.2 Å². The quantitative estimate of drug-likeness (QED) is 0.668. The summed E-state index contributed by atoms with van der Waals surface area (Å²) in [6.07, 6.45) is 0.0987. The van der Waals surface area contributed by atoms with E-state index in [1.165, 1.54) is 4.90 Å². The Kier molecular flexibility index (Phi) is 4.32. The number of hydrogen-bond acceptors (Lipinski definition) is 4. The van der Waals surface area contributed by atoms with Gasteiger partial charge in [-0.2, -0.15) is 0 Å². The molecule has 2 aliphatic rings. The van der Waals surface area contributed by atoms with Crippen LogP contribution in [-0.4, -0.2) is 24.3 Å². The maximum absolute atomic E-state index is 13.3. The molecule has 6 nitrogen and oxygen atoms in total. The molecule has 148 valence electrons. The zero-order chi connectivity index (χ0) is 20.7.